The lowest BCUT2D eigenvalue weighted by atomic mass is 9.96. The van der Waals surface area contributed by atoms with E-state index in [-0.39, 0.29) is 11.8 Å². The number of aromatic nitrogens is 3. The lowest BCUT2D eigenvalue weighted by Crippen LogP contribution is -2.38. The van der Waals surface area contributed by atoms with Crippen LogP contribution in [0.15, 0.2) is 6.07 Å². The fourth-order valence-corrected chi connectivity index (χ4v) is 4.75. The van der Waals surface area contributed by atoms with Crippen molar-refractivity contribution in [1.29, 1.82) is 0 Å². The molecule has 4 rings (SSSR count). The molecule has 3 heterocycles. The van der Waals surface area contributed by atoms with Gasteiger partial charge >= 0.3 is 5.97 Å². The van der Waals surface area contributed by atoms with E-state index >= 15 is 0 Å². The van der Waals surface area contributed by atoms with Crippen molar-refractivity contribution in [2.75, 3.05) is 29.9 Å². The van der Waals surface area contributed by atoms with Crippen LogP contribution in [0.25, 0.3) is 0 Å². The summed E-state index contributed by atoms with van der Waals surface area (Å²) in [5.74, 6) is 0.392. The number of anilines is 2. The van der Waals surface area contributed by atoms with E-state index < -0.39 is 5.97 Å². The van der Waals surface area contributed by atoms with E-state index in [1.807, 2.05) is 0 Å². The molecule has 1 N–H and O–H groups in total. The molecule has 2 aromatic rings. The first-order valence-corrected chi connectivity index (χ1v) is 10.9. The molecule has 1 aliphatic carbocycles. The number of esters is 1. The smallest absolute Gasteiger partial charge is 0.350 e. The second-order valence-corrected chi connectivity index (χ2v) is 8.43. The highest BCUT2D eigenvalue weighted by molar-refractivity contribution is 7.17. The third-order valence-corrected chi connectivity index (χ3v) is 6.54. The Morgan fingerprint density at radius 1 is 1.28 bits per heavy atom. The van der Waals surface area contributed by atoms with Crippen LogP contribution in [0.4, 0.5) is 10.9 Å². The number of nitrogens with zero attached hydrogens (tertiary/aromatic N) is 4. The Balaban J connectivity index is 1.33. The van der Waals surface area contributed by atoms with Crippen LogP contribution in [-0.2, 0) is 22.4 Å². The topological polar surface area (TPSA) is 97.3 Å². The predicted octanol–water partition coefficient (Wildman–Crippen LogP) is 2.76. The lowest BCUT2D eigenvalue weighted by Gasteiger charge is -2.31. The number of amides is 1. The standard InChI is InChI=1S/C20H25N5O3S/c1-3-28-19(27)17-12(2)21-20(29-17)22-18(26)13-7-9-25(10-8-13)16-11-14-5-4-6-15(14)23-24-16/h11,13H,3-10H2,1-2H3,(H,21,22,26). The summed E-state index contributed by atoms with van der Waals surface area (Å²) < 4.78 is 5.03. The van der Waals surface area contributed by atoms with Crippen molar-refractivity contribution in [3.63, 3.8) is 0 Å². The van der Waals surface area contributed by atoms with Gasteiger partial charge in [-0.05, 0) is 57.6 Å². The van der Waals surface area contributed by atoms with Crippen LogP contribution in [0.1, 0.15) is 52.8 Å². The van der Waals surface area contributed by atoms with Crippen molar-refractivity contribution >= 4 is 34.2 Å². The number of fused-ring (bicyclic) bond motifs is 1. The van der Waals surface area contributed by atoms with Gasteiger partial charge in [0.15, 0.2) is 10.9 Å². The summed E-state index contributed by atoms with van der Waals surface area (Å²) in [6.45, 7) is 5.37. The minimum atomic E-state index is -0.397. The predicted molar refractivity (Wildman–Crippen MR) is 110 cm³/mol. The van der Waals surface area contributed by atoms with Crippen LogP contribution in [0, 0.1) is 12.8 Å². The van der Waals surface area contributed by atoms with Crippen molar-refractivity contribution < 1.29 is 14.3 Å². The van der Waals surface area contributed by atoms with Crippen molar-refractivity contribution in [2.24, 2.45) is 5.92 Å². The fourth-order valence-electron chi connectivity index (χ4n) is 3.89. The minimum Gasteiger partial charge on any atom is -0.462 e. The third kappa shape index (κ3) is 4.24. The molecule has 0 unspecified atom stereocenters. The Morgan fingerprint density at radius 3 is 2.83 bits per heavy atom. The van der Waals surface area contributed by atoms with E-state index in [2.05, 4.69) is 31.5 Å². The molecule has 2 aromatic heterocycles. The molecule has 8 nitrogen and oxygen atoms in total. The Hall–Kier alpha value is -2.55. The summed E-state index contributed by atoms with van der Waals surface area (Å²) in [7, 11) is 0. The van der Waals surface area contributed by atoms with E-state index in [9.17, 15) is 9.59 Å². The van der Waals surface area contributed by atoms with E-state index in [0.717, 1.165) is 68.0 Å². The van der Waals surface area contributed by atoms with Gasteiger partial charge in [-0.15, -0.1) is 5.10 Å². The van der Waals surface area contributed by atoms with Crippen molar-refractivity contribution in [3.05, 3.63) is 27.9 Å². The zero-order valence-corrected chi connectivity index (χ0v) is 17.5. The Morgan fingerprint density at radius 2 is 2.07 bits per heavy atom. The molecule has 29 heavy (non-hydrogen) atoms. The Bertz CT molecular complexity index is 921. The van der Waals surface area contributed by atoms with Crippen molar-refractivity contribution in [1.82, 2.24) is 15.2 Å². The Kier molecular flexibility index (Phi) is 5.75. The molecule has 1 aliphatic heterocycles. The van der Waals surface area contributed by atoms with Crippen LogP contribution >= 0.6 is 11.3 Å². The van der Waals surface area contributed by atoms with E-state index in [0.29, 0.717) is 22.3 Å². The van der Waals surface area contributed by atoms with E-state index in [1.54, 1.807) is 13.8 Å². The van der Waals surface area contributed by atoms with Crippen LogP contribution < -0.4 is 10.2 Å². The largest absolute Gasteiger partial charge is 0.462 e. The number of thiazole rings is 1. The van der Waals surface area contributed by atoms with Gasteiger partial charge in [0.25, 0.3) is 0 Å². The number of ether oxygens (including phenoxy) is 1. The zero-order valence-electron chi connectivity index (χ0n) is 16.7. The quantitative estimate of drug-likeness (QED) is 0.750. The number of hydrogen-bond acceptors (Lipinski definition) is 8. The zero-order chi connectivity index (χ0) is 20.4. The molecular formula is C20H25N5O3S. The number of nitrogens with one attached hydrogen (secondary N) is 1. The molecule has 1 saturated heterocycles. The normalized spacial score (nSPS) is 16.6. The molecule has 2 aliphatic rings. The second kappa shape index (κ2) is 8.44. The molecule has 0 aromatic carbocycles. The number of hydrogen-bond donors (Lipinski definition) is 1. The third-order valence-electron chi connectivity index (χ3n) is 5.48. The van der Waals surface area contributed by atoms with Gasteiger partial charge in [-0.2, -0.15) is 5.10 Å². The minimum absolute atomic E-state index is 0.0474. The molecule has 0 spiro atoms. The second-order valence-electron chi connectivity index (χ2n) is 7.43. The molecule has 0 bridgehead atoms. The maximum atomic E-state index is 12.7. The summed E-state index contributed by atoms with van der Waals surface area (Å²) in [6.07, 6.45) is 4.76. The maximum absolute atomic E-state index is 12.7. The Labute approximate surface area is 173 Å². The number of carbonyl (C=O) groups is 2. The van der Waals surface area contributed by atoms with Crippen LogP contribution in [0.5, 0.6) is 0 Å². The summed E-state index contributed by atoms with van der Waals surface area (Å²) in [4.78, 5) is 31.5. The van der Waals surface area contributed by atoms with Crippen LogP contribution in [0.3, 0.4) is 0 Å². The number of carbonyl (C=O) groups excluding carboxylic acids is 2. The van der Waals surface area contributed by atoms with Gasteiger partial charge in [-0.25, -0.2) is 9.78 Å². The monoisotopic (exact) mass is 415 g/mol. The number of piperidine rings is 1. The molecule has 1 fully saturated rings. The van der Waals surface area contributed by atoms with Crippen LogP contribution in [-0.4, -0.2) is 46.8 Å². The molecule has 1 amide bonds. The molecular weight excluding hydrogens is 390 g/mol. The van der Waals surface area contributed by atoms with Gasteiger partial charge in [0.2, 0.25) is 5.91 Å². The average molecular weight is 416 g/mol. The van der Waals surface area contributed by atoms with Gasteiger partial charge in [-0.3, -0.25) is 4.79 Å². The highest BCUT2D eigenvalue weighted by Gasteiger charge is 2.28. The molecule has 0 radical (unpaired) electrons. The number of aryl methyl sites for hydroxylation is 3. The van der Waals surface area contributed by atoms with Crippen molar-refractivity contribution in [3.8, 4) is 0 Å². The highest BCUT2D eigenvalue weighted by Crippen LogP contribution is 2.28. The van der Waals surface area contributed by atoms with E-state index in [4.69, 9.17) is 4.74 Å². The van der Waals surface area contributed by atoms with E-state index in [1.165, 1.54) is 5.56 Å². The molecule has 0 atom stereocenters. The van der Waals surface area contributed by atoms with Crippen LogP contribution in [0.2, 0.25) is 0 Å². The lowest BCUT2D eigenvalue weighted by molar-refractivity contribution is -0.120. The average Bonchev–Trinajstić information content (AvgIpc) is 3.34. The summed E-state index contributed by atoms with van der Waals surface area (Å²) in [6, 6.07) is 2.16. The molecule has 9 heteroatoms. The first-order valence-electron chi connectivity index (χ1n) is 10.1. The summed E-state index contributed by atoms with van der Waals surface area (Å²) in [5.41, 5.74) is 3.02. The van der Waals surface area contributed by atoms with Gasteiger partial charge in [0.05, 0.1) is 18.0 Å². The van der Waals surface area contributed by atoms with Gasteiger partial charge < -0.3 is 15.0 Å². The molecule has 0 saturated carbocycles. The first kappa shape index (κ1) is 19.8. The van der Waals surface area contributed by atoms with Crippen molar-refractivity contribution in [2.45, 2.75) is 46.0 Å². The SMILES string of the molecule is CCOC(=O)c1sc(NC(=O)C2CCN(c3cc4c(nn3)CCC4)CC2)nc1C. The highest BCUT2D eigenvalue weighted by atomic mass is 32.1. The molecule has 154 valence electrons. The van der Waals surface area contributed by atoms with Gasteiger partial charge in [0.1, 0.15) is 4.88 Å². The first-order chi connectivity index (χ1) is 14.0. The summed E-state index contributed by atoms with van der Waals surface area (Å²) in [5, 5.41) is 12.1. The fraction of sp³-hybridized carbons (Fsp3) is 0.550. The maximum Gasteiger partial charge on any atom is 0.350 e. The van der Waals surface area contributed by atoms with Gasteiger partial charge in [0, 0.05) is 19.0 Å². The van der Waals surface area contributed by atoms with Gasteiger partial charge in [-0.1, -0.05) is 11.3 Å². The number of rotatable bonds is 5. The summed E-state index contributed by atoms with van der Waals surface area (Å²) >= 11 is 1.16.